The lowest BCUT2D eigenvalue weighted by Gasteiger charge is -2.09. The molecule has 0 atom stereocenters. The van der Waals surface area contributed by atoms with Gasteiger partial charge in [0.1, 0.15) is 33.0 Å². The van der Waals surface area contributed by atoms with Crippen LogP contribution in [0.25, 0.3) is 21.3 Å². The second-order valence-corrected chi connectivity index (χ2v) is 7.63. The lowest BCUT2D eigenvalue weighted by atomic mass is 9.97. The summed E-state index contributed by atoms with van der Waals surface area (Å²) < 4.78 is 38.1. The zero-order valence-electron chi connectivity index (χ0n) is 16.1. The number of carbonyl (C=O) groups excluding carboxylic acids is 1. The van der Waals surface area contributed by atoms with Gasteiger partial charge in [0.15, 0.2) is 0 Å². The van der Waals surface area contributed by atoms with Crippen LogP contribution in [0.2, 0.25) is 0 Å². The van der Waals surface area contributed by atoms with Crippen LogP contribution < -0.4 is 16.8 Å². The van der Waals surface area contributed by atoms with E-state index in [0.717, 1.165) is 23.5 Å². The highest BCUT2D eigenvalue weighted by molar-refractivity contribution is 7.21. The minimum absolute atomic E-state index is 0.00327. The van der Waals surface area contributed by atoms with Crippen molar-refractivity contribution in [2.45, 2.75) is 6.18 Å². The number of nitrogens with one attached hydrogen (secondary N) is 1. The van der Waals surface area contributed by atoms with Crippen LogP contribution in [-0.4, -0.2) is 15.9 Å². The summed E-state index contributed by atoms with van der Waals surface area (Å²) >= 11 is 0.956. The molecule has 1 amide bonds. The standard InChI is InChI=1S/C21H13F3N6OS/c22-21(23,24)11-6-7-13(28-9-11)29-19(31)17-16(26)15-14(10-4-2-1-3-5-10)12(8-25)18(27)30-20(15)32-17/h1-7,9H,26H2,(H2,27,30)(H,28,29,31). The van der Waals surface area contributed by atoms with Crippen molar-refractivity contribution >= 4 is 44.8 Å². The van der Waals surface area contributed by atoms with Crippen molar-refractivity contribution in [3.63, 3.8) is 0 Å². The maximum atomic E-state index is 12.8. The fourth-order valence-electron chi connectivity index (χ4n) is 3.15. The third-order valence-corrected chi connectivity index (χ3v) is 5.72. The number of anilines is 3. The number of benzene rings is 1. The molecule has 0 saturated carbocycles. The van der Waals surface area contributed by atoms with E-state index in [-0.39, 0.29) is 27.8 Å². The van der Waals surface area contributed by atoms with E-state index in [1.54, 1.807) is 24.3 Å². The number of fused-ring (bicyclic) bond motifs is 1. The fourth-order valence-corrected chi connectivity index (χ4v) is 4.16. The molecule has 0 fully saturated rings. The van der Waals surface area contributed by atoms with Gasteiger partial charge in [-0.1, -0.05) is 30.3 Å². The SMILES string of the molecule is N#Cc1c(N)nc2sc(C(=O)Nc3ccc(C(F)(F)F)cn3)c(N)c2c1-c1ccccc1. The van der Waals surface area contributed by atoms with Crippen molar-refractivity contribution in [1.29, 1.82) is 5.26 Å². The molecule has 7 nitrogen and oxygen atoms in total. The molecule has 3 aromatic heterocycles. The second kappa shape index (κ2) is 7.82. The first-order valence-electron chi connectivity index (χ1n) is 9.02. The van der Waals surface area contributed by atoms with Crippen LogP contribution in [0.3, 0.4) is 0 Å². The number of rotatable bonds is 3. The Bertz CT molecular complexity index is 1380. The summed E-state index contributed by atoms with van der Waals surface area (Å²) in [6.07, 6.45) is -3.91. The maximum Gasteiger partial charge on any atom is 0.417 e. The van der Waals surface area contributed by atoms with Gasteiger partial charge in [0.2, 0.25) is 0 Å². The lowest BCUT2D eigenvalue weighted by molar-refractivity contribution is -0.137. The number of amides is 1. The summed E-state index contributed by atoms with van der Waals surface area (Å²) in [4.78, 5) is 21.1. The number of thiophene rings is 1. The van der Waals surface area contributed by atoms with Gasteiger partial charge in [-0.25, -0.2) is 9.97 Å². The molecule has 32 heavy (non-hydrogen) atoms. The van der Waals surface area contributed by atoms with Crippen molar-refractivity contribution in [3.05, 3.63) is 64.7 Å². The van der Waals surface area contributed by atoms with Crippen molar-refractivity contribution in [2.24, 2.45) is 0 Å². The van der Waals surface area contributed by atoms with Crippen LogP contribution in [0.4, 0.5) is 30.5 Å². The molecule has 160 valence electrons. The Morgan fingerprint density at radius 1 is 1.12 bits per heavy atom. The molecule has 0 spiro atoms. The van der Waals surface area contributed by atoms with E-state index >= 15 is 0 Å². The fraction of sp³-hybridized carbons (Fsp3) is 0.0476. The Hall–Kier alpha value is -4.17. The minimum atomic E-state index is -4.54. The van der Waals surface area contributed by atoms with Crippen LogP contribution in [0.5, 0.6) is 0 Å². The predicted molar refractivity (Wildman–Crippen MR) is 116 cm³/mol. The molecular formula is C21H13F3N6OS. The number of halogens is 3. The molecule has 4 aromatic rings. The van der Waals surface area contributed by atoms with Crippen molar-refractivity contribution in [2.75, 3.05) is 16.8 Å². The number of aromatic nitrogens is 2. The number of hydrogen-bond acceptors (Lipinski definition) is 7. The molecule has 11 heteroatoms. The summed E-state index contributed by atoms with van der Waals surface area (Å²) in [7, 11) is 0. The molecule has 0 aliphatic carbocycles. The van der Waals surface area contributed by atoms with Crippen molar-refractivity contribution in [1.82, 2.24) is 9.97 Å². The number of alkyl halides is 3. The van der Waals surface area contributed by atoms with Crippen LogP contribution >= 0.6 is 11.3 Å². The number of nitrogens with two attached hydrogens (primary N) is 2. The predicted octanol–water partition coefficient (Wildman–Crippen LogP) is 4.67. The number of nitrogen functional groups attached to an aromatic ring is 2. The topological polar surface area (TPSA) is 131 Å². The van der Waals surface area contributed by atoms with Gasteiger partial charge in [0.05, 0.1) is 11.3 Å². The third-order valence-electron chi connectivity index (χ3n) is 4.62. The molecule has 5 N–H and O–H groups in total. The second-order valence-electron chi connectivity index (χ2n) is 6.63. The molecule has 4 rings (SSSR count). The summed E-state index contributed by atoms with van der Waals surface area (Å²) in [5.74, 6) is -0.751. The molecule has 0 radical (unpaired) electrons. The summed E-state index contributed by atoms with van der Waals surface area (Å²) in [5, 5.41) is 12.5. The minimum Gasteiger partial charge on any atom is -0.397 e. The molecule has 0 bridgehead atoms. The van der Waals surface area contributed by atoms with Crippen molar-refractivity contribution in [3.8, 4) is 17.2 Å². The van der Waals surface area contributed by atoms with Gasteiger partial charge in [0, 0.05) is 17.1 Å². The highest BCUT2D eigenvalue weighted by Crippen LogP contribution is 2.42. The Labute approximate surface area is 183 Å². The number of nitriles is 1. The maximum absolute atomic E-state index is 12.8. The van der Waals surface area contributed by atoms with Crippen LogP contribution in [0.1, 0.15) is 20.8 Å². The van der Waals surface area contributed by atoms with Crippen LogP contribution in [-0.2, 0) is 6.18 Å². The highest BCUT2D eigenvalue weighted by atomic mass is 32.1. The van der Waals surface area contributed by atoms with Gasteiger partial charge in [-0.2, -0.15) is 18.4 Å². The average molecular weight is 454 g/mol. The number of nitrogens with zero attached hydrogens (tertiary/aromatic N) is 3. The number of pyridine rings is 2. The van der Waals surface area contributed by atoms with E-state index in [1.165, 1.54) is 0 Å². The van der Waals surface area contributed by atoms with Gasteiger partial charge in [-0.15, -0.1) is 11.3 Å². The Kier molecular flexibility index (Phi) is 5.15. The third kappa shape index (κ3) is 3.67. The summed E-state index contributed by atoms with van der Waals surface area (Å²) in [5.41, 5.74) is 12.6. The first kappa shape index (κ1) is 21.1. The molecule has 0 unspecified atom stereocenters. The van der Waals surface area contributed by atoms with E-state index in [4.69, 9.17) is 11.5 Å². The molecule has 0 aliphatic heterocycles. The van der Waals surface area contributed by atoms with Gasteiger partial charge in [0.25, 0.3) is 5.91 Å². The molecule has 1 aromatic carbocycles. The zero-order valence-corrected chi connectivity index (χ0v) is 16.9. The van der Waals surface area contributed by atoms with E-state index in [9.17, 15) is 23.2 Å². The highest BCUT2D eigenvalue weighted by Gasteiger charge is 2.31. The normalized spacial score (nSPS) is 11.3. The average Bonchev–Trinajstić information content (AvgIpc) is 3.09. The van der Waals surface area contributed by atoms with E-state index < -0.39 is 17.6 Å². The molecule has 0 aliphatic rings. The van der Waals surface area contributed by atoms with Crippen molar-refractivity contribution < 1.29 is 18.0 Å². The van der Waals surface area contributed by atoms with Crippen LogP contribution in [0, 0.1) is 11.3 Å². The number of hydrogen-bond donors (Lipinski definition) is 3. The zero-order chi connectivity index (χ0) is 23.0. The van der Waals surface area contributed by atoms with E-state index in [0.29, 0.717) is 27.5 Å². The monoisotopic (exact) mass is 454 g/mol. The molecular weight excluding hydrogens is 441 g/mol. The van der Waals surface area contributed by atoms with Crippen LogP contribution in [0.15, 0.2) is 48.7 Å². The van der Waals surface area contributed by atoms with Gasteiger partial charge in [-0.05, 0) is 17.7 Å². The summed E-state index contributed by atoms with van der Waals surface area (Å²) in [6, 6.07) is 12.8. The smallest absolute Gasteiger partial charge is 0.397 e. The first-order valence-corrected chi connectivity index (χ1v) is 9.84. The molecule has 3 heterocycles. The van der Waals surface area contributed by atoms with E-state index in [2.05, 4.69) is 15.3 Å². The largest absolute Gasteiger partial charge is 0.417 e. The van der Waals surface area contributed by atoms with E-state index in [1.807, 2.05) is 12.1 Å². The quantitative estimate of drug-likeness (QED) is 0.412. The van der Waals surface area contributed by atoms with Gasteiger partial charge < -0.3 is 16.8 Å². The molecule has 0 saturated heterocycles. The van der Waals surface area contributed by atoms with Gasteiger partial charge >= 0.3 is 6.18 Å². The summed E-state index contributed by atoms with van der Waals surface area (Å²) in [6.45, 7) is 0. The lowest BCUT2D eigenvalue weighted by Crippen LogP contribution is -2.14. The Morgan fingerprint density at radius 3 is 2.44 bits per heavy atom. The Morgan fingerprint density at radius 2 is 1.84 bits per heavy atom. The first-order chi connectivity index (χ1) is 15.2. The van der Waals surface area contributed by atoms with Gasteiger partial charge in [-0.3, -0.25) is 4.79 Å². The Balaban J connectivity index is 1.79. The number of carbonyl (C=O) groups is 1.